The fourth-order valence-electron chi connectivity index (χ4n) is 5.69. The van der Waals surface area contributed by atoms with Gasteiger partial charge in [-0.25, -0.2) is 4.79 Å². The molecule has 0 saturated carbocycles. The first kappa shape index (κ1) is 29.4. The maximum Gasteiger partial charge on any atom is 0.331 e. The number of fused-ring (bicyclic) bond motifs is 3. The number of carboxylic acid groups (broad SMARTS) is 1. The van der Waals surface area contributed by atoms with Crippen molar-refractivity contribution < 1.29 is 19.5 Å². The standard InChI is InChI=1S/C30H44N4O4/c1-17(2)21(15-18(3)28(37)38)34(10)27(36)25(29(4,5)6)32-26(35)24-30(7,8)23-19-13-11-12-14-20(19)33(9)22(23)16-31-24/h11-15,17,21,24-25,31H,16H2,1-10H3,(H,32,35)(H,37,38)/b18-15+/t21?,24-,25-/m1/s1. The van der Waals surface area contributed by atoms with Gasteiger partial charge in [-0.1, -0.05) is 72.7 Å². The van der Waals surface area contributed by atoms with Gasteiger partial charge in [-0.15, -0.1) is 0 Å². The summed E-state index contributed by atoms with van der Waals surface area (Å²) in [5.74, 6) is -1.51. The molecule has 0 radical (unpaired) electrons. The average molecular weight is 525 g/mol. The molecule has 3 rings (SSSR count). The molecular weight excluding hydrogens is 480 g/mol. The van der Waals surface area contributed by atoms with Crippen molar-refractivity contribution in [2.24, 2.45) is 18.4 Å². The van der Waals surface area contributed by atoms with Crippen LogP contribution >= 0.6 is 0 Å². The molecule has 0 fully saturated rings. The van der Waals surface area contributed by atoms with Crippen LogP contribution < -0.4 is 10.6 Å². The number of carbonyl (C=O) groups excluding carboxylic acids is 2. The highest BCUT2D eigenvalue weighted by Crippen LogP contribution is 2.40. The molecule has 0 aliphatic carbocycles. The lowest BCUT2D eigenvalue weighted by Crippen LogP contribution is -2.63. The number of aryl methyl sites for hydroxylation is 1. The molecule has 0 bridgehead atoms. The number of nitrogens with zero attached hydrogens (tertiary/aromatic N) is 2. The Balaban J connectivity index is 1.93. The maximum atomic E-state index is 13.9. The Bertz CT molecular complexity index is 1270. The van der Waals surface area contributed by atoms with Crippen LogP contribution in [0.1, 0.15) is 66.6 Å². The molecule has 1 aromatic carbocycles. The summed E-state index contributed by atoms with van der Waals surface area (Å²) in [4.78, 5) is 40.8. The number of benzene rings is 1. The molecule has 2 aromatic rings. The molecule has 0 saturated heterocycles. The largest absolute Gasteiger partial charge is 0.478 e. The van der Waals surface area contributed by atoms with Crippen LogP contribution in [0.15, 0.2) is 35.9 Å². The Labute approximate surface area is 226 Å². The van der Waals surface area contributed by atoms with Crippen LogP contribution in [0.25, 0.3) is 10.9 Å². The Kier molecular flexibility index (Phi) is 8.18. The van der Waals surface area contributed by atoms with Crippen molar-refractivity contribution in [1.29, 1.82) is 0 Å². The van der Waals surface area contributed by atoms with E-state index in [-0.39, 0.29) is 23.3 Å². The second-order valence-electron chi connectivity index (χ2n) is 12.6. The molecule has 8 nitrogen and oxygen atoms in total. The third kappa shape index (κ3) is 5.37. The summed E-state index contributed by atoms with van der Waals surface area (Å²) in [5.41, 5.74) is 2.51. The summed E-state index contributed by atoms with van der Waals surface area (Å²) in [7, 11) is 3.73. The van der Waals surface area contributed by atoms with Crippen LogP contribution in [0.2, 0.25) is 0 Å². The van der Waals surface area contributed by atoms with E-state index in [4.69, 9.17) is 0 Å². The highest BCUT2D eigenvalue weighted by molar-refractivity contribution is 5.94. The first-order chi connectivity index (χ1) is 17.5. The molecule has 3 atom stereocenters. The number of amides is 2. The van der Waals surface area contributed by atoms with E-state index in [0.29, 0.717) is 6.54 Å². The van der Waals surface area contributed by atoms with E-state index in [2.05, 4.69) is 48.2 Å². The summed E-state index contributed by atoms with van der Waals surface area (Å²) in [6.45, 7) is 15.9. The molecule has 0 spiro atoms. The summed E-state index contributed by atoms with van der Waals surface area (Å²) in [6.07, 6.45) is 1.61. The zero-order valence-electron chi connectivity index (χ0n) is 24.5. The lowest BCUT2D eigenvalue weighted by molar-refractivity contribution is -0.141. The predicted octanol–water partition coefficient (Wildman–Crippen LogP) is 3.97. The van der Waals surface area contributed by atoms with Crippen molar-refractivity contribution in [3.8, 4) is 0 Å². The minimum Gasteiger partial charge on any atom is -0.478 e. The second-order valence-corrected chi connectivity index (χ2v) is 12.6. The number of para-hydroxylation sites is 1. The van der Waals surface area contributed by atoms with Crippen LogP contribution in [0.3, 0.4) is 0 Å². The average Bonchev–Trinajstić information content (AvgIpc) is 3.12. The van der Waals surface area contributed by atoms with Gasteiger partial charge in [0.25, 0.3) is 0 Å². The Hall–Kier alpha value is -3.13. The van der Waals surface area contributed by atoms with Crippen LogP contribution in [-0.2, 0) is 33.4 Å². The third-order valence-electron chi connectivity index (χ3n) is 7.97. The summed E-state index contributed by atoms with van der Waals surface area (Å²) in [6, 6.07) is 6.46. The normalized spacial score (nSPS) is 19.1. The van der Waals surface area contributed by atoms with Gasteiger partial charge in [0.2, 0.25) is 11.8 Å². The van der Waals surface area contributed by atoms with Gasteiger partial charge in [-0.2, -0.15) is 0 Å². The van der Waals surface area contributed by atoms with E-state index in [1.165, 1.54) is 6.92 Å². The number of aromatic nitrogens is 1. The van der Waals surface area contributed by atoms with Gasteiger partial charge in [0.15, 0.2) is 0 Å². The van der Waals surface area contributed by atoms with Gasteiger partial charge in [0.1, 0.15) is 6.04 Å². The van der Waals surface area contributed by atoms with Gasteiger partial charge < -0.3 is 19.9 Å². The molecule has 208 valence electrons. The van der Waals surface area contributed by atoms with E-state index in [1.54, 1.807) is 18.0 Å². The zero-order valence-corrected chi connectivity index (χ0v) is 24.5. The molecule has 1 aromatic heterocycles. The SMILES string of the molecule is C/C(=C\C(C(C)C)N(C)C(=O)[C@@H](NC(=O)[C@H]1NCc2c(c3ccccc3n2C)C1(C)C)C(C)(C)C)C(=O)O. The topological polar surface area (TPSA) is 104 Å². The summed E-state index contributed by atoms with van der Waals surface area (Å²) in [5, 5.41) is 17.0. The summed E-state index contributed by atoms with van der Waals surface area (Å²) >= 11 is 0. The zero-order chi connectivity index (χ0) is 28.7. The van der Waals surface area contributed by atoms with E-state index < -0.39 is 34.9 Å². The quantitative estimate of drug-likeness (QED) is 0.476. The molecule has 1 aliphatic rings. The first-order valence-corrected chi connectivity index (χ1v) is 13.3. The van der Waals surface area contributed by atoms with Crippen LogP contribution in [0.4, 0.5) is 0 Å². The molecule has 1 unspecified atom stereocenters. The first-order valence-electron chi connectivity index (χ1n) is 13.3. The van der Waals surface area contributed by atoms with Crippen molar-refractivity contribution >= 4 is 28.7 Å². The molecule has 2 heterocycles. The van der Waals surface area contributed by atoms with Crippen LogP contribution in [0.5, 0.6) is 0 Å². The summed E-state index contributed by atoms with van der Waals surface area (Å²) < 4.78 is 2.18. The van der Waals surface area contributed by atoms with Gasteiger partial charge in [-0.05, 0) is 29.9 Å². The number of likely N-dealkylation sites (N-methyl/N-ethyl adjacent to an activating group) is 1. The number of hydrogen-bond donors (Lipinski definition) is 3. The number of hydrogen-bond acceptors (Lipinski definition) is 4. The Morgan fingerprint density at radius 2 is 1.82 bits per heavy atom. The van der Waals surface area contributed by atoms with Crippen LogP contribution in [-0.4, -0.2) is 57.5 Å². The van der Waals surface area contributed by atoms with E-state index in [9.17, 15) is 19.5 Å². The fourth-order valence-corrected chi connectivity index (χ4v) is 5.69. The van der Waals surface area contributed by atoms with Gasteiger partial charge in [0.05, 0.1) is 12.1 Å². The van der Waals surface area contributed by atoms with E-state index in [1.807, 2.05) is 46.8 Å². The molecule has 2 amide bonds. The third-order valence-corrected chi connectivity index (χ3v) is 7.97. The van der Waals surface area contributed by atoms with E-state index >= 15 is 0 Å². The van der Waals surface area contributed by atoms with Crippen molar-refractivity contribution in [2.45, 2.75) is 85.5 Å². The molecule has 1 aliphatic heterocycles. The molecular formula is C30H44N4O4. The van der Waals surface area contributed by atoms with E-state index in [0.717, 1.165) is 22.2 Å². The number of carbonyl (C=O) groups is 3. The number of rotatable bonds is 7. The highest BCUT2D eigenvalue weighted by Gasteiger charge is 2.46. The monoisotopic (exact) mass is 524 g/mol. The predicted molar refractivity (Wildman–Crippen MR) is 151 cm³/mol. The lowest BCUT2D eigenvalue weighted by Gasteiger charge is -2.42. The minimum absolute atomic E-state index is 0.0155. The highest BCUT2D eigenvalue weighted by atomic mass is 16.4. The minimum atomic E-state index is -1.02. The van der Waals surface area contributed by atoms with Crippen molar-refractivity contribution in [3.05, 3.63) is 47.2 Å². The van der Waals surface area contributed by atoms with Crippen molar-refractivity contribution in [3.63, 3.8) is 0 Å². The lowest BCUT2D eigenvalue weighted by atomic mass is 9.73. The van der Waals surface area contributed by atoms with Crippen LogP contribution in [0, 0.1) is 11.3 Å². The number of carboxylic acids is 1. The fraction of sp³-hybridized carbons (Fsp3) is 0.567. The molecule has 3 N–H and O–H groups in total. The van der Waals surface area contributed by atoms with Gasteiger partial charge in [0, 0.05) is 48.2 Å². The van der Waals surface area contributed by atoms with Crippen molar-refractivity contribution in [2.75, 3.05) is 7.05 Å². The number of nitrogens with one attached hydrogen (secondary N) is 2. The molecule has 38 heavy (non-hydrogen) atoms. The van der Waals surface area contributed by atoms with Crippen molar-refractivity contribution in [1.82, 2.24) is 20.1 Å². The number of aliphatic carboxylic acids is 1. The Morgan fingerprint density at radius 3 is 2.37 bits per heavy atom. The second kappa shape index (κ2) is 10.6. The Morgan fingerprint density at radius 1 is 1.21 bits per heavy atom. The van der Waals surface area contributed by atoms with Gasteiger partial charge >= 0.3 is 5.97 Å². The van der Waals surface area contributed by atoms with Gasteiger partial charge in [-0.3, -0.25) is 14.9 Å². The maximum absolute atomic E-state index is 13.9. The molecule has 8 heteroatoms. The smallest absolute Gasteiger partial charge is 0.331 e.